The quantitative estimate of drug-likeness (QED) is 0.704. The zero-order valence-corrected chi connectivity index (χ0v) is 17.8. The van der Waals surface area contributed by atoms with Crippen LogP contribution in [0.3, 0.4) is 0 Å². The Balaban J connectivity index is 1.50. The number of carbonyl (C=O) groups is 1. The van der Waals surface area contributed by atoms with Crippen LogP contribution in [0.15, 0.2) is 45.9 Å². The summed E-state index contributed by atoms with van der Waals surface area (Å²) in [5, 5.41) is 3.07. The molecule has 2 N–H and O–H groups in total. The van der Waals surface area contributed by atoms with Crippen molar-refractivity contribution in [2.24, 2.45) is 0 Å². The van der Waals surface area contributed by atoms with Gasteiger partial charge in [0.2, 0.25) is 10.0 Å². The minimum atomic E-state index is -3.56. The van der Waals surface area contributed by atoms with E-state index >= 15 is 0 Å². The molecule has 2 aromatic rings. The van der Waals surface area contributed by atoms with Gasteiger partial charge in [0.05, 0.1) is 5.54 Å². The SMILES string of the molecule is O=C(NC1(c2ccc(Br)cc2)CC1)c1cc(S(=O)(=O)N2CCSCC2)c[nH]1. The minimum Gasteiger partial charge on any atom is -0.356 e. The van der Waals surface area contributed by atoms with Gasteiger partial charge in [0.15, 0.2) is 0 Å². The number of nitrogens with zero attached hydrogens (tertiary/aromatic N) is 1. The van der Waals surface area contributed by atoms with E-state index in [9.17, 15) is 13.2 Å². The largest absolute Gasteiger partial charge is 0.356 e. The number of benzene rings is 1. The van der Waals surface area contributed by atoms with Crippen LogP contribution in [-0.2, 0) is 15.6 Å². The van der Waals surface area contributed by atoms with Crippen LogP contribution in [0.25, 0.3) is 0 Å². The second-order valence-electron chi connectivity index (χ2n) is 6.81. The number of hydrogen-bond donors (Lipinski definition) is 2. The first kappa shape index (κ1) is 19.0. The topological polar surface area (TPSA) is 82.3 Å². The maximum Gasteiger partial charge on any atom is 0.268 e. The lowest BCUT2D eigenvalue weighted by atomic mass is 10.0. The van der Waals surface area contributed by atoms with Gasteiger partial charge >= 0.3 is 0 Å². The molecule has 144 valence electrons. The van der Waals surface area contributed by atoms with E-state index in [1.54, 1.807) is 11.8 Å². The first-order valence-electron chi connectivity index (χ1n) is 8.76. The number of rotatable bonds is 5. The zero-order chi connectivity index (χ0) is 19.1. The molecule has 0 atom stereocenters. The van der Waals surface area contributed by atoms with E-state index in [-0.39, 0.29) is 22.0 Å². The van der Waals surface area contributed by atoms with Gasteiger partial charge in [-0.05, 0) is 36.6 Å². The van der Waals surface area contributed by atoms with Crippen molar-refractivity contribution < 1.29 is 13.2 Å². The molecule has 0 spiro atoms. The van der Waals surface area contributed by atoms with Gasteiger partial charge in [0, 0.05) is 35.3 Å². The van der Waals surface area contributed by atoms with Crippen LogP contribution < -0.4 is 5.32 Å². The Kier molecular flexibility index (Phi) is 5.13. The van der Waals surface area contributed by atoms with Crippen molar-refractivity contribution in [1.29, 1.82) is 0 Å². The highest BCUT2D eigenvalue weighted by atomic mass is 79.9. The Labute approximate surface area is 171 Å². The van der Waals surface area contributed by atoms with Crippen LogP contribution >= 0.6 is 27.7 Å². The minimum absolute atomic E-state index is 0.146. The smallest absolute Gasteiger partial charge is 0.268 e. The molecule has 9 heteroatoms. The molecular weight excluding hydrogens is 450 g/mol. The molecule has 2 fully saturated rings. The summed E-state index contributed by atoms with van der Waals surface area (Å²) in [5.74, 6) is 1.31. The van der Waals surface area contributed by atoms with E-state index < -0.39 is 10.0 Å². The molecule has 1 saturated carbocycles. The number of halogens is 1. The highest BCUT2D eigenvalue weighted by Crippen LogP contribution is 2.45. The molecule has 2 heterocycles. The molecule has 4 rings (SSSR count). The number of carbonyl (C=O) groups excluding carboxylic acids is 1. The molecule has 1 amide bonds. The molecule has 27 heavy (non-hydrogen) atoms. The highest BCUT2D eigenvalue weighted by molar-refractivity contribution is 9.10. The van der Waals surface area contributed by atoms with Crippen molar-refractivity contribution in [3.8, 4) is 0 Å². The maximum atomic E-state index is 12.7. The van der Waals surface area contributed by atoms with Gasteiger partial charge in [-0.3, -0.25) is 4.79 Å². The van der Waals surface area contributed by atoms with Crippen LogP contribution in [0.1, 0.15) is 28.9 Å². The Hall–Kier alpha value is -1.29. The average molecular weight is 470 g/mol. The number of hydrogen-bond acceptors (Lipinski definition) is 4. The van der Waals surface area contributed by atoms with E-state index in [4.69, 9.17) is 0 Å². The predicted molar refractivity (Wildman–Crippen MR) is 109 cm³/mol. The fourth-order valence-electron chi connectivity index (χ4n) is 3.25. The molecule has 1 aliphatic carbocycles. The van der Waals surface area contributed by atoms with E-state index in [1.807, 2.05) is 24.3 Å². The monoisotopic (exact) mass is 469 g/mol. The Morgan fingerprint density at radius 3 is 2.48 bits per heavy atom. The molecule has 1 aliphatic heterocycles. The summed E-state index contributed by atoms with van der Waals surface area (Å²) in [6.45, 7) is 1.01. The lowest BCUT2D eigenvalue weighted by Gasteiger charge is -2.24. The molecule has 0 radical (unpaired) electrons. The highest BCUT2D eigenvalue weighted by Gasteiger charge is 2.46. The van der Waals surface area contributed by atoms with Gasteiger partial charge in [-0.15, -0.1) is 0 Å². The van der Waals surface area contributed by atoms with Crippen molar-refractivity contribution in [1.82, 2.24) is 14.6 Å². The number of amides is 1. The Morgan fingerprint density at radius 1 is 1.19 bits per heavy atom. The average Bonchev–Trinajstić information content (AvgIpc) is 3.26. The molecule has 1 aromatic heterocycles. The molecular formula is C18H20BrN3O3S2. The first-order chi connectivity index (χ1) is 12.9. The second-order valence-corrected chi connectivity index (χ2v) is 10.9. The normalized spacial score (nSPS) is 19.6. The van der Waals surface area contributed by atoms with Crippen LogP contribution in [0, 0.1) is 0 Å². The zero-order valence-electron chi connectivity index (χ0n) is 14.6. The summed E-state index contributed by atoms with van der Waals surface area (Å²) in [5.41, 5.74) is 0.971. The molecule has 6 nitrogen and oxygen atoms in total. The molecule has 1 saturated heterocycles. The number of nitrogens with one attached hydrogen (secondary N) is 2. The van der Waals surface area contributed by atoms with Crippen molar-refractivity contribution in [2.45, 2.75) is 23.3 Å². The molecule has 0 bridgehead atoms. The van der Waals surface area contributed by atoms with Crippen molar-refractivity contribution >= 4 is 43.6 Å². The summed E-state index contributed by atoms with van der Waals surface area (Å²) in [6.07, 6.45) is 3.15. The van der Waals surface area contributed by atoms with Gasteiger partial charge in [0.25, 0.3) is 5.91 Å². The van der Waals surface area contributed by atoms with Crippen LogP contribution in [0.5, 0.6) is 0 Å². The Morgan fingerprint density at radius 2 is 1.85 bits per heavy atom. The van der Waals surface area contributed by atoms with Gasteiger partial charge in [-0.25, -0.2) is 8.42 Å². The fourth-order valence-corrected chi connectivity index (χ4v) is 6.09. The van der Waals surface area contributed by atoms with Gasteiger partial charge in [-0.1, -0.05) is 28.1 Å². The summed E-state index contributed by atoms with van der Waals surface area (Å²) in [4.78, 5) is 15.7. The fraction of sp³-hybridized carbons (Fsp3) is 0.389. The number of aromatic nitrogens is 1. The lowest BCUT2D eigenvalue weighted by Crippen LogP contribution is -2.37. The lowest BCUT2D eigenvalue weighted by molar-refractivity contribution is 0.0926. The second kappa shape index (κ2) is 7.27. The van der Waals surface area contributed by atoms with Gasteiger partial charge < -0.3 is 10.3 Å². The summed E-state index contributed by atoms with van der Waals surface area (Å²) >= 11 is 5.17. The summed E-state index contributed by atoms with van der Waals surface area (Å²) < 4.78 is 27.9. The van der Waals surface area contributed by atoms with E-state index in [0.717, 1.165) is 34.4 Å². The van der Waals surface area contributed by atoms with E-state index in [0.29, 0.717) is 13.1 Å². The molecule has 0 unspecified atom stereocenters. The number of sulfonamides is 1. The van der Waals surface area contributed by atoms with Crippen LogP contribution in [0.2, 0.25) is 0 Å². The van der Waals surface area contributed by atoms with Crippen molar-refractivity contribution in [3.63, 3.8) is 0 Å². The number of H-pyrrole nitrogens is 1. The third kappa shape index (κ3) is 3.83. The number of aromatic amines is 1. The van der Waals surface area contributed by atoms with Gasteiger partial charge in [0.1, 0.15) is 10.6 Å². The van der Waals surface area contributed by atoms with Crippen LogP contribution in [-0.4, -0.2) is 48.2 Å². The number of thioether (sulfide) groups is 1. The first-order valence-corrected chi connectivity index (χ1v) is 12.1. The molecule has 2 aliphatic rings. The third-order valence-corrected chi connectivity index (χ3v) is 8.36. The summed E-state index contributed by atoms with van der Waals surface area (Å²) in [7, 11) is -3.56. The summed E-state index contributed by atoms with van der Waals surface area (Å²) in [6, 6.07) is 9.34. The Bertz CT molecular complexity index is 946. The van der Waals surface area contributed by atoms with Gasteiger partial charge in [-0.2, -0.15) is 16.1 Å². The third-order valence-electron chi connectivity index (χ3n) is 5.01. The van der Waals surface area contributed by atoms with Crippen molar-refractivity contribution in [3.05, 3.63) is 52.3 Å². The maximum absolute atomic E-state index is 12.7. The van der Waals surface area contributed by atoms with Crippen molar-refractivity contribution in [2.75, 3.05) is 24.6 Å². The molecule has 1 aromatic carbocycles. The standard InChI is InChI=1S/C18H20BrN3O3S2/c19-14-3-1-13(2-4-14)18(5-6-18)21-17(23)16-11-15(12-20-16)27(24,25)22-7-9-26-10-8-22/h1-4,11-12,20H,5-10H2,(H,21,23). The predicted octanol–water partition coefficient (Wildman–Crippen LogP) is 2.93. The van der Waals surface area contributed by atoms with E-state index in [1.165, 1.54) is 16.6 Å². The van der Waals surface area contributed by atoms with Crippen LogP contribution in [0.4, 0.5) is 0 Å². The van der Waals surface area contributed by atoms with E-state index in [2.05, 4.69) is 26.2 Å².